The Bertz CT molecular complexity index is 1170. The van der Waals surface area contributed by atoms with Gasteiger partial charge < -0.3 is 4.57 Å². The van der Waals surface area contributed by atoms with E-state index in [1.165, 1.54) is 37.7 Å². The highest BCUT2D eigenvalue weighted by molar-refractivity contribution is 6.28. The molecular weight excluding hydrogens is 436 g/mol. The third kappa shape index (κ3) is 4.71. The summed E-state index contributed by atoms with van der Waals surface area (Å²) in [6, 6.07) is 10.7. The van der Waals surface area contributed by atoms with Crippen LogP contribution in [0.4, 0.5) is 0 Å². The Balaban J connectivity index is 1.40. The molecule has 9 heteroatoms. The van der Waals surface area contributed by atoms with E-state index < -0.39 is 0 Å². The molecule has 0 unspecified atom stereocenters. The Morgan fingerprint density at radius 1 is 1.09 bits per heavy atom. The van der Waals surface area contributed by atoms with Crippen LogP contribution in [0.5, 0.6) is 0 Å². The van der Waals surface area contributed by atoms with Crippen LogP contribution in [0.15, 0.2) is 36.5 Å². The molecular formula is C24H29ClN8. The molecule has 172 valence electrons. The van der Waals surface area contributed by atoms with Crippen LogP contribution in [0, 0.1) is 0 Å². The van der Waals surface area contributed by atoms with Gasteiger partial charge in [0, 0.05) is 18.3 Å². The van der Waals surface area contributed by atoms with E-state index in [4.69, 9.17) is 11.6 Å². The molecule has 1 aliphatic rings. The maximum absolute atomic E-state index is 6.32. The number of rotatable bonds is 8. The van der Waals surface area contributed by atoms with Crippen molar-refractivity contribution in [2.75, 3.05) is 0 Å². The summed E-state index contributed by atoms with van der Waals surface area (Å²) in [4.78, 5) is 4.39. The van der Waals surface area contributed by atoms with E-state index in [1.54, 1.807) is 4.68 Å². The molecule has 1 aliphatic carbocycles. The number of nitrogens with one attached hydrogen (secondary N) is 1. The fourth-order valence-electron chi connectivity index (χ4n) is 4.75. The van der Waals surface area contributed by atoms with Gasteiger partial charge in [-0.25, -0.2) is 9.67 Å². The standard InChI is InChI=1S/C24H29ClN8/c1-2-3-9-21-26-24(25)33(29-21)16-17-10-12-19(13-11-17)32-15-14-20(18-7-5-4-6-8-18)22(32)23-27-30-31-28-23/h10-15,18H,2-9,16H2,1H3,(H,27,28,30,31). The van der Waals surface area contributed by atoms with E-state index >= 15 is 0 Å². The average Bonchev–Trinajstić information content (AvgIpc) is 3.59. The van der Waals surface area contributed by atoms with Gasteiger partial charge in [-0.1, -0.05) is 44.7 Å². The maximum Gasteiger partial charge on any atom is 0.221 e. The molecule has 5 rings (SSSR count). The second-order valence-corrected chi connectivity index (χ2v) is 9.12. The van der Waals surface area contributed by atoms with Crippen LogP contribution in [0.1, 0.15) is 74.7 Å². The molecule has 1 aromatic carbocycles. The summed E-state index contributed by atoms with van der Waals surface area (Å²) in [7, 11) is 0. The van der Waals surface area contributed by atoms with Crippen LogP contribution < -0.4 is 0 Å². The second-order valence-electron chi connectivity index (χ2n) is 8.78. The van der Waals surface area contributed by atoms with Gasteiger partial charge in [0.05, 0.1) is 12.2 Å². The SMILES string of the molecule is CCCCc1nc(Cl)n(Cc2ccc(-n3ccc(C4CCCCC4)c3-c3nn[nH]n3)cc2)n1. The second kappa shape index (κ2) is 9.87. The zero-order valence-electron chi connectivity index (χ0n) is 18.9. The van der Waals surface area contributed by atoms with E-state index in [2.05, 4.69) is 78.7 Å². The van der Waals surface area contributed by atoms with Crippen LogP contribution >= 0.6 is 11.6 Å². The van der Waals surface area contributed by atoms with Crippen LogP contribution in [-0.2, 0) is 13.0 Å². The molecule has 0 saturated heterocycles. The molecule has 0 spiro atoms. The average molecular weight is 465 g/mol. The molecule has 0 radical (unpaired) electrons. The van der Waals surface area contributed by atoms with Crippen molar-refractivity contribution in [2.45, 2.75) is 70.8 Å². The largest absolute Gasteiger partial charge is 0.313 e. The lowest BCUT2D eigenvalue weighted by Crippen LogP contribution is -2.07. The van der Waals surface area contributed by atoms with E-state index in [1.807, 2.05) is 0 Å². The van der Waals surface area contributed by atoms with Gasteiger partial charge in [0.25, 0.3) is 0 Å². The highest BCUT2D eigenvalue weighted by atomic mass is 35.5. The van der Waals surface area contributed by atoms with Crippen LogP contribution in [-0.4, -0.2) is 40.0 Å². The first-order chi connectivity index (χ1) is 16.2. The van der Waals surface area contributed by atoms with Crippen LogP contribution in [0.3, 0.4) is 0 Å². The maximum atomic E-state index is 6.32. The lowest BCUT2D eigenvalue weighted by Gasteiger charge is -2.22. The zero-order valence-corrected chi connectivity index (χ0v) is 19.7. The summed E-state index contributed by atoms with van der Waals surface area (Å²) in [5.74, 6) is 1.99. The van der Waals surface area contributed by atoms with Gasteiger partial charge in [0.1, 0.15) is 0 Å². The Labute approximate surface area is 198 Å². The molecule has 33 heavy (non-hydrogen) atoms. The number of hydrogen-bond donors (Lipinski definition) is 1. The molecule has 1 N–H and O–H groups in total. The van der Waals surface area contributed by atoms with Crippen LogP contribution in [0.25, 0.3) is 17.2 Å². The number of aromatic amines is 1. The van der Waals surface area contributed by atoms with Crippen molar-refractivity contribution in [2.24, 2.45) is 0 Å². The van der Waals surface area contributed by atoms with Crippen molar-refractivity contribution in [1.29, 1.82) is 0 Å². The summed E-state index contributed by atoms with van der Waals surface area (Å²) < 4.78 is 3.94. The topological polar surface area (TPSA) is 90.1 Å². The Kier molecular flexibility index (Phi) is 6.53. The van der Waals surface area contributed by atoms with Crippen molar-refractivity contribution in [3.8, 4) is 17.2 Å². The summed E-state index contributed by atoms with van der Waals surface area (Å²) >= 11 is 6.32. The molecule has 0 aliphatic heterocycles. The van der Waals surface area contributed by atoms with Gasteiger partial charge >= 0.3 is 0 Å². The van der Waals surface area contributed by atoms with Crippen molar-refractivity contribution < 1.29 is 0 Å². The van der Waals surface area contributed by atoms with Gasteiger partial charge in [-0.15, -0.1) is 10.2 Å². The predicted molar refractivity (Wildman–Crippen MR) is 128 cm³/mol. The van der Waals surface area contributed by atoms with E-state index in [9.17, 15) is 0 Å². The fraction of sp³-hybridized carbons (Fsp3) is 0.458. The van der Waals surface area contributed by atoms with E-state index in [0.29, 0.717) is 23.6 Å². The van der Waals surface area contributed by atoms with Crippen molar-refractivity contribution in [3.63, 3.8) is 0 Å². The van der Waals surface area contributed by atoms with Crippen LogP contribution in [0.2, 0.25) is 5.28 Å². The number of halogens is 1. The van der Waals surface area contributed by atoms with Gasteiger partial charge in [-0.05, 0) is 71.3 Å². The highest BCUT2D eigenvalue weighted by Crippen LogP contribution is 2.38. The number of unbranched alkanes of at least 4 members (excludes halogenated alkanes) is 1. The molecule has 0 atom stereocenters. The summed E-state index contributed by atoms with van der Waals surface area (Å²) in [5, 5.41) is 20.0. The lowest BCUT2D eigenvalue weighted by molar-refractivity contribution is 0.444. The zero-order chi connectivity index (χ0) is 22.6. The minimum absolute atomic E-state index is 0.437. The number of H-pyrrole nitrogens is 1. The molecule has 3 heterocycles. The minimum atomic E-state index is 0.437. The van der Waals surface area contributed by atoms with Crippen molar-refractivity contribution >= 4 is 11.6 Å². The molecule has 1 saturated carbocycles. The monoisotopic (exact) mass is 464 g/mol. The number of tetrazole rings is 1. The molecule has 4 aromatic rings. The summed E-state index contributed by atoms with van der Waals surface area (Å²) in [5.41, 5.74) is 4.53. The Hall–Kier alpha value is -3.00. The fourth-order valence-corrected chi connectivity index (χ4v) is 4.94. The first-order valence-electron chi connectivity index (χ1n) is 11.9. The van der Waals surface area contributed by atoms with Gasteiger partial charge in [0.15, 0.2) is 5.82 Å². The third-order valence-corrected chi connectivity index (χ3v) is 6.77. The molecule has 0 amide bonds. The molecule has 8 nitrogen and oxygen atoms in total. The molecule has 3 aromatic heterocycles. The smallest absolute Gasteiger partial charge is 0.221 e. The number of nitrogens with zero attached hydrogens (tertiary/aromatic N) is 7. The number of aryl methyl sites for hydroxylation is 1. The normalized spacial score (nSPS) is 14.7. The van der Waals surface area contributed by atoms with Crippen molar-refractivity contribution in [1.82, 2.24) is 40.0 Å². The van der Waals surface area contributed by atoms with Crippen molar-refractivity contribution in [3.05, 3.63) is 58.8 Å². The first kappa shape index (κ1) is 21.8. The number of hydrogen-bond acceptors (Lipinski definition) is 5. The minimum Gasteiger partial charge on any atom is -0.313 e. The van der Waals surface area contributed by atoms with E-state index in [0.717, 1.165) is 42.0 Å². The Morgan fingerprint density at radius 2 is 1.91 bits per heavy atom. The summed E-state index contributed by atoms with van der Waals surface area (Å²) in [6.07, 6.45) is 11.5. The van der Waals surface area contributed by atoms with Gasteiger partial charge in [0.2, 0.25) is 11.1 Å². The number of benzene rings is 1. The lowest BCUT2D eigenvalue weighted by atomic mass is 9.84. The van der Waals surface area contributed by atoms with Gasteiger partial charge in [-0.3, -0.25) is 0 Å². The number of aromatic nitrogens is 8. The predicted octanol–water partition coefficient (Wildman–Crippen LogP) is 5.34. The quantitative estimate of drug-likeness (QED) is 0.380. The molecule has 0 bridgehead atoms. The first-order valence-corrected chi connectivity index (χ1v) is 12.2. The summed E-state index contributed by atoms with van der Waals surface area (Å²) in [6.45, 7) is 2.75. The Morgan fingerprint density at radius 3 is 2.64 bits per heavy atom. The highest BCUT2D eigenvalue weighted by Gasteiger charge is 2.24. The van der Waals surface area contributed by atoms with Gasteiger partial charge in [-0.2, -0.15) is 10.3 Å². The third-order valence-electron chi connectivity index (χ3n) is 6.49. The molecule has 1 fully saturated rings. The van der Waals surface area contributed by atoms with E-state index in [-0.39, 0.29) is 0 Å².